The molecule has 2 fully saturated rings. The van der Waals surface area contributed by atoms with E-state index < -0.39 is 0 Å². The maximum Gasteiger partial charge on any atom is 0.273 e. The molecule has 1 aromatic rings. The number of halogens is 1. The molecule has 0 aromatic carbocycles. The summed E-state index contributed by atoms with van der Waals surface area (Å²) in [6.45, 7) is 2.78. The molecular weight excluding hydrogens is 320 g/mol. The Balaban J connectivity index is 1.66. The Kier molecular flexibility index (Phi) is 3.86. The smallest absolute Gasteiger partial charge is 0.273 e. The van der Waals surface area contributed by atoms with Crippen LogP contribution >= 0.6 is 15.9 Å². The Hall–Kier alpha value is -0.880. The zero-order valence-corrected chi connectivity index (χ0v) is 13.6. The molecule has 1 aromatic heterocycles. The van der Waals surface area contributed by atoms with Crippen molar-refractivity contribution >= 4 is 21.8 Å². The molecule has 3 heterocycles. The molecule has 2 aliphatic rings. The summed E-state index contributed by atoms with van der Waals surface area (Å²) in [6, 6.07) is 1.56. The lowest BCUT2D eigenvalue weighted by Gasteiger charge is -2.36. The molecule has 0 aliphatic carbocycles. The third kappa shape index (κ3) is 2.51. The summed E-state index contributed by atoms with van der Waals surface area (Å²) in [5, 5.41) is 7.47. The van der Waals surface area contributed by atoms with Crippen LogP contribution in [0, 0.1) is 0 Å². The average molecular weight is 341 g/mol. The van der Waals surface area contributed by atoms with Gasteiger partial charge in [-0.2, -0.15) is 5.10 Å². The van der Waals surface area contributed by atoms with E-state index in [0.29, 0.717) is 17.8 Å². The van der Waals surface area contributed by atoms with E-state index in [9.17, 15) is 4.79 Å². The maximum atomic E-state index is 12.3. The van der Waals surface area contributed by atoms with Crippen molar-refractivity contribution < 1.29 is 4.79 Å². The fourth-order valence-corrected chi connectivity index (χ4v) is 3.99. The van der Waals surface area contributed by atoms with Crippen LogP contribution in [0.4, 0.5) is 0 Å². The number of hydrogen-bond acceptors (Lipinski definition) is 3. The normalized spacial score (nSPS) is 29.6. The second-order valence-corrected chi connectivity index (χ2v) is 6.73. The first-order valence-electron chi connectivity index (χ1n) is 7.34. The molecule has 6 heteroatoms. The molecule has 3 rings (SSSR count). The van der Waals surface area contributed by atoms with Crippen LogP contribution in [0.5, 0.6) is 0 Å². The second-order valence-electron chi connectivity index (χ2n) is 5.87. The number of fused-ring (bicyclic) bond motifs is 2. The number of nitrogens with zero attached hydrogens (tertiary/aromatic N) is 3. The molecule has 20 heavy (non-hydrogen) atoms. The van der Waals surface area contributed by atoms with Crippen LogP contribution in [0.25, 0.3) is 0 Å². The minimum atomic E-state index is -0.0574. The van der Waals surface area contributed by atoms with E-state index in [1.54, 1.807) is 4.68 Å². The molecule has 0 radical (unpaired) electrons. The number of aryl methyl sites for hydroxylation is 1. The van der Waals surface area contributed by atoms with Gasteiger partial charge in [-0.3, -0.25) is 9.48 Å². The van der Waals surface area contributed by atoms with Gasteiger partial charge in [0, 0.05) is 30.9 Å². The van der Waals surface area contributed by atoms with Crippen LogP contribution in [-0.4, -0.2) is 45.8 Å². The minimum absolute atomic E-state index is 0.0574. The lowest BCUT2D eigenvalue weighted by atomic mass is 9.98. The van der Waals surface area contributed by atoms with E-state index in [-0.39, 0.29) is 11.9 Å². The highest BCUT2D eigenvalue weighted by atomic mass is 79.9. The number of carbonyl (C=O) groups is 1. The molecule has 1 N–H and O–H groups in total. The first kappa shape index (κ1) is 14.1. The molecule has 110 valence electrons. The summed E-state index contributed by atoms with van der Waals surface area (Å²) in [5.74, 6) is -0.0574. The van der Waals surface area contributed by atoms with E-state index in [0.717, 1.165) is 23.9 Å². The molecule has 2 bridgehead atoms. The fourth-order valence-electron chi connectivity index (χ4n) is 3.50. The Labute approximate surface area is 127 Å². The molecule has 2 unspecified atom stereocenters. The topological polar surface area (TPSA) is 50.2 Å². The molecule has 2 saturated heterocycles. The Bertz CT molecular complexity index is 501. The molecule has 2 atom stereocenters. The number of amides is 1. The number of carbonyl (C=O) groups excluding carboxylic acids is 1. The predicted octanol–water partition coefficient (Wildman–Crippen LogP) is 2.02. The van der Waals surface area contributed by atoms with Crippen LogP contribution < -0.4 is 5.32 Å². The van der Waals surface area contributed by atoms with Gasteiger partial charge in [0.1, 0.15) is 0 Å². The zero-order chi connectivity index (χ0) is 14.3. The summed E-state index contributed by atoms with van der Waals surface area (Å²) >= 11 is 3.42. The van der Waals surface area contributed by atoms with Gasteiger partial charge in [-0.15, -0.1) is 0 Å². The van der Waals surface area contributed by atoms with E-state index in [4.69, 9.17) is 0 Å². The van der Waals surface area contributed by atoms with Crippen molar-refractivity contribution in [3.05, 3.63) is 16.4 Å². The van der Waals surface area contributed by atoms with E-state index in [2.05, 4.69) is 38.3 Å². The standard InChI is InChI=1S/C14H21BrN4O/c1-3-19-8-12(15)13(17-19)14(20)16-9-6-10-4-5-11(7-9)18(10)2/h8-11H,3-7H2,1-2H3,(H,16,20). The number of hydrogen-bond donors (Lipinski definition) is 1. The molecule has 2 aliphatic heterocycles. The van der Waals surface area contributed by atoms with Gasteiger partial charge in [-0.05, 0) is 55.6 Å². The maximum absolute atomic E-state index is 12.3. The van der Waals surface area contributed by atoms with Crippen molar-refractivity contribution in [1.29, 1.82) is 0 Å². The zero-order valence-electron chi connectivity index (χ0n) is 12.0. The van der Waals surface area contributed by atoms with Gasteiger partial charge < -0.3 is 10.2 Å². The lowest BCUT2D eigenvalue weighted by Crippen LogP contribution is -2.48. The Morgan fingerprint density at radius 1 is 1.45 bits per heavy atom. The number of rotatable bonds is 3. The highest BCUT2D eigenvalue weighted by molar-refractivity contribution is 9.10. The van der Waals surface area contributed by atoms with Crippen LogP contribution in [0.15, 0.2) is 10.7 Å². The summed E-state index contributed by atoms with van der Waals surface area (Å²) in [4.78, 5) is 14.8. The van der Waals surface area contributed by atoms with Crippen molar-refractivity contribution in [2.24, 2.45) is 0 Å². The van der Waals surface area contributed by atoms with Gasteiger partial charge >= 0.3 is 0 Å². The van der Waals surface area contributed by atoms with Crippen LogP contribution in [0.1, 0.15) is 43.1 Å². The number of aromatic nitrogens is 2. The fraction of sp³-hybridized carbons (Fsp3) is 0.714. The van der Waals surface area contributed by atoms with Crippen LogP contribution in [-0.2, 0) is 6.54 Å². The van der Waals surface area contributed by atoms with Crippen molar-refractivity contribution in [3.8, 4) is 0 Å². The molecule has 0 saturated carbocycles. The SMILES string of the molecule is CCn1cc(Br)c(C(=O)NC2CC3CCC(C2)N3C)n1. The lowest BCUT2D eigenvalue weighted by molar-refractivity contribution is 0.0876. The third-order valence-corrected chi connectivity index (χ3v) is 5.27. The van der Waals surface area contributed by atoms with Gasteiger partial charge in [0.05, 0.1) is 4.47 Å². The van der Waals surface area contributed by atoms with E-state index >= 15 is 0 Å². The highest BCUT2D eigenvalue weighted by Crippen LogP contribution is 2.34. The molecular formula is C14H21BrN4O. The van der Waals surface area contributed by atoms with Gasteiger partial charge in [-0.25, -0.2) is 0 Å². The minimum Gasteiger partial charge on any atom is -0.348 e. The molecule has 5 nitrogen and oxygen atoms in total. The van der Waals surface area contributed by atoms with Gasteiger partial charge in [0.2, 0.25) is 0 Å². The van der Waals surface area contributed by atoms with Crippen molar-refractivity contribution in [3.63, 3.8) is 0 Å². The van der Waals surface area contributed by atoms with Crippen LogP contribution in [0.2, 0.25) is 0 Å². The molecule has 0 spiro atoms. The quantitative estimate of drug-likeness (QED) is 0.915. The largest absolute Gasteiger partial charge is 0.348 e. The first-order valence-corrected chi connectivity index (χ1v) is 8.13. The number of nitrogens with one attached hydrogen (secondary N) is 1. The van der Waals surface area contributed by atoms with Crippen molar-refractivity contribution in [1.82, 2.24) is 20.0 Å². The number of piperidine rings is 1. The van der Waals surface area contributed by atoms with Crippen LogP contribution in [0.3, 0.4) is 0 Å². The first-order chi connectivity index (χ1) is 9.58. The van der Waals surface area contributed by atoms with Gasteiger partial charge in [-0.1, -0.05) is 0 Å². The average Bonchev–Trinajstić information content (AvgIpc) is 2.87. The highest BCUT2D eigenvalue weighted by Gasteiger charge is 2.39. The summed E-state index contributed by atoms with van der Waals surface area (Å²) in [6.07, 6.45) is 6.51. The monoisotopic (exact) mass is 340 g/mol. The third-order valence-electron chi connectivity index (χ3n) is 4.69. The second kappa shape index (κ2) is 5.48. The van der Waals surface area contributed by atoms with Gasteiger partial charge in [0.15, 0.2) is 5.69 Å². The summed E-state index contributed by atoms with van der Waals surface area (Å²) in [5.41, 5.74) is 0.498. The van der Waals surface area contributed by atoms with E-state index in [1.165, 1.54) is 12.8 Å². The van der Waals surface area contributed by atoms with Crippen molar-refractivity contribution in [2.75, 3.05) is 7.05 Å². The molecule has 1 amide bonds. The summed E-state index contributed by atoms with van der Waals surface area (Å²) in [7, 11) is 2.21. The Morgan fingerprint density at radius 2 is 2.10 bits per heavy atom. The predicted molar refractivity (Wildman–Crippen MR) is 80.7 cm³/mol. The van der Waals surface area contributed by atoms with Crippen molar-refractivity contribution in [2.45, 2.75) is 57.3 Å². The summed E-state index contributed by atoms with van der Waals surface area (Å²) < 4.78 is 2.55. The van der Waals surface area contributed by atoms with Gasteiger partial charge in [0.25, 0.3) is 5.91 Å². The Morgan fingerprint density at radius 3 is 2.65 bits per heavy atom. The van der Waals surface area contributed by atoms with E-state index in [1.807, 2.05) is 13.1 Å².